The molecule has 0 aromatic heterocycles. The van der Waals surface area contributed by atoms with Crippen LogP contribution in [0, 0.1) is 0 Å². The first-order valence-corrected chi connectivity index (χ1v) is 7.18. The van der Waals surface area contributed by atoms with E-state index in [0.29, 0.717) is 5.92 Å². The van der Waals surface area contributed by atoms with Gasteiger partial charge in [-0.2, -0.15) is 0 Å². The highest BCUT2D eigenvalue weighted by Crippen LogP contribution is 2.12. The molecule has 0 radical (unpaired) electrons. The van der Waals surface area contributed by atoms with Gasteiger partial charge in [-0.25, -0.2) is 0 Å². The third-order valence-electron chi connectivity index (χ3n) is 3.10. The summed E-state index contributed by atoms with van der Waals surface area (Å²) in [4.78, 5) is 0. The summed E-state index contributed by atoms with van der Waals surface area (Å²) in [6.07, 6.45) is 3.50. The van der Waals surface area contributed by atoms with E-state index in [4.69, 9.17) is 4.74 Å². The smallest absolute Gasteiger partial charge is 0.0478 e. The highest BCUT2D eigenvalue weighted by Gasteiger charge is 2.03. The Morgan fingerprint density at radius 2 is 1.83 bits per heavy atom. The minimum absolute atomic E-state index is 0.576. The quantitative estimate of drug-likeness (QED) is 0.640. The molecule has 0 bridgehead atoms. The van der Waals surface area contributed by atoms with E-state index in [2.05, 4.69) is 49.5 Å². The minimum atomic E-state index is 0.576. The molecule has 1 aromatic carbocycles. The van der Waals surface area contributed by atoms with Crippen molar-refractivity contribution < 1.29 is 4.74 Å². The van der Waals surface area contributed by atoms with Crippen molar-refractivity contribution in [3.63, 3.8) is 0 Å². The summed E-state index contributed by atoms with van der Waals surface area (Å²) in [5.41, 5.74) is 1.41. The van der Waals surface area contributed by atoms with Crippen LogP contribution in [0.25, 0.3) is 0 Å². The number of unbranched alkanes of at least 4 members (excludes halogenated alkanes) is 1. The molecule has 0 aliphatic carbocycles. The van der Waals surface area contributed by atoms with Gasteiger partial charge in [0.15, 0.2) is 0 Å². The molecule has 0 saturated carbocycles. The number of rotatable bonds is 10. The molecule has 1 N–H and O–H groups in total. The van der Waals surface area contributed by atoms with Gasteiger partial charge in [0.2, 0.25) is 0 Å². The fourth-order valence-corrected chi connectivity index (χ4v) is 1.87. The van der Waals surface area contributed by atoms with Gasteiger partial charge in [-0.1, -0.05) is 50.6 Å². The molecular weight excluding hydrogens is 222 g/mol. The Morgan fingerprint density at radius 3 is 2.56 bits per heavy atom. The lowest BCUT2D eigenvalue weighted by molar-refractivity contribution is 0.129. The molecule has 0 saturated heterocycles. The second-order valence-corrected chi connectivity index (χ2v) is 4.84. The van der Waals surface area contributed by atoms with E-state index >= 15 is 0 Å². The van der Waals surface area contributed by atoms with Crippen molar-refractivity contribution in [2.75, 3.05) is 26.3 Å². The van der Waals surface area contributed by atoms with E-state index in [1.807, 2.05) is 0 Å². The van der Waals surface area contributed by atoms with Crippen molar-refractivity contribution in [3.8, 4) is 0 Å². The minimum Gasteiger partial charge on any atom is -0.381 e. The van der Waals surface area contributed by atoms with E-state index in [0.717, 1.165) is 32.7 Å². The average molecular weight is 249 g/mol. The van der Waals surface area contributed by atoms with Gasteiger partial charge in [0.25, 0.3) is 0 Å². The summed E-state index contributed by atoms with van der Waals surface area (Å²) in [5.74, 6) is 0.576. The lowest BCUT2D eigenvalue weighted by atomic mass is 10.0. The topological polar surface area (TPSA) is 21.3 Å². The number of hydrogen-bond donors (Lipinski definition) is 1. The predicted octanol–water partition coefficient (Wildman–Crippen LogP) is 3.59. The summed E-state index contributed by atoms with van der Waals surface area (Å²) >= 11 is 0. The van der Waals surface area contributed by atoms with Crippen LogP contribution in [-0.4, -0.2) is 26.3 Å². The fraction of sp³-hybridized carbons (Fsp3) is 0.625. The van der Waals surface area contributed by atoms with Crippen LogP contribution >= 0.6 is 0 Å². The molecule has 0 aliphatic rings. The van der Waals surface area contributed by atoms with E-state index in [9.17, 15) is 0 Å². The maximum absolute atomic E-state index is 5.53. The Morgan fingerprint density at radius 1 is 1.11 bits per heavy atom. The summed E-state index contributed by atoms with van der Waals surface area (Å²) in [6, 6.07) is 10.7. The highest BCUT2D eigenvalue weighted by atomic mass is 16.5. The number of hydrogen-bond acceptors (Lipinski definition) is 2. The number of ether oxygens (including phenoxy) is 1. The van der Waals surface area contributed by atoms with Gasteiger partial charge in [0.05, 0.1) is 0 Å². The molecule has 18 heavy (non-hydrogen) atoms. The van der Waals surface area contributed by atoms with Gasteiger partial charge in [-0.3, -0.25) is 0 Å². The molecule has 1 unspecified atom stereocenters. The average Bonchev–Trinajstić information content (AvgIpc) is 2.42. The van der Waals surface area contributed by atoms with Crippen LogP contribution < -0.4 is 5.32 Å². The fourth-order valence-electron chi connectivity index (χ4n) is 1.87. The van der Waals surface area contributed by atoms with Gasteiger partial charge >= 0.3 is 0 Å². The molecule has 0 heterocycles. The van der Waals surface area contributed by atoms with E-state index in [1.165, 1.54) is 18.4 Å². The van der Waals surface area contributed by atoms with Crippen molar-refractivity contribution in [2.24, 2.45) is 0 Å². The normalized spacial score (nSPS) is 12.6. The second kappa shape index (κ2) is 10.1. The first kappa shape index (κ1) is 15.2. The van der Waals surface area contributed by atoms with Gasteiger partial charge in [-0.15, -0.1) is 0 Å². The molecule has 1 rings (SSSR count). The summed E-state index contributed by atoms with van der Waals surface area (Å²) < 4.78 is 5.53. The summed E-state index contributed by atoms with van der Waals surface area (Å²) in [6.45, 7) is 8.34. The molecule has 0 amide bonds. The Kier molecular flexibility index (Phi) is 8.53. The molecule has 0 aliphatic heterocycles. The van der Waals surface area contributed by atoms with Gasteiger partial charge in [0, 0.05) is 19.8 Å². The van der Waals surface area contributed by atoms with Gasteiger partial charge < -0.3 is 10.1 Å². The van der Waals surface area contributed by atoms with Crippen LogP contribution in [0.2, 0.25) is 0 Å². The van der Waals surface area contributed by atoms with Crippen LogP contribution in [0.5, 0.6) is 0 Å². The van der Waals surface area contributed by atoms with E-state index < -0.39 is 0 Å². The largest absolute Gasteiger partial charge is 0.381 e. The molecule has 2 heteroatoms. The van der Waals surface area contributed by atoms with Crippen LogP contribution in [0.1, 0.15) is 44.6 Å². The van der Waals surface area contributed by atoms with Crippen LogP contribution in [-0.2, 0) is 4.74 Å². The lowest BCUT2D eigenvalue weighted by Gasteiger charge is -2.13. The maximum Gasteiger partial charge on any atom is 0.0478 e. The van der Waals surface area contributed by atoms with Crippen molar-refractivity contribution >= 4 is 0 Å². The standard InChI is InChI=1S/C16H27NO/c1-3-4-12-18-13-8-11-17-14-15(2)16-9-6-5-7-10-16/h5-7,9-10,15,17H,3-4,8,11-14H2,1-2H3. The molecule has 1 atom stereocenters. The highest BCUT2D eigenvalue weighted by molar-refractivity contribution is 5.18. The Hall–Kier alpha value is -0.860. The second-order valence-electron chi connectivity index (χ2n) is 4.84. The molecule has 1 aromatic rings. The van der Waals surface area contributed by atoms with Crippen molar-refractivity contribution in [3.05, 3.63) is 35.9 Å². The first-order chi connectivity index (χ1) is 8.84. The predicted molar refractivity (Wildman–Crippen MR) is 78.1 cm³/mol. The van der Waals surface area contributed by atoms with Crippen LogP contribution in [0.3, 0.4) is 0 Å². The first-order valence-electron chi connectivity index (χ1n) is 7.18. The molecule has 2 nitrogen and oxygen atoms in total. The summed E-state index contributed by atoms with van der Waals surface area (Å²) in [5, 5.41) is 3.49. The molecule has 0 fully saturated rings. The zero-order valence-electron chi connectivity index (χ0n) is 11.8. The van der Waals surface area contributed by atoms with Crippen molar-refractivity contribution in [1.29, 1.82) is 0 Å². The maximum atomic E-state index is 5.53. The number of nitrogens with one attached hydrogen (secondary N) is 1. The zero-order valence-corrected chi connectivity index (χ0v) is 11.8. The van der Waals surface area contributed by atoms with Crippen LogP contribution in [0.15, 0.2) is 30.3 Å². The Bertz CT molecular complexity index is 286. The Balaban J connectivity index is 1.98. The Labute approximate surface area is 112 Å². The van der Waals surface area contributed by atoms with Crippen LogP contribution in [0.4, 0.5) is 0 Å². The van der Waals surface area contributed by atoms with Gasteiger partial charge in [-0.05, 0) is 30.9 Å². The monoisotopic (exact) mass is 249 g/mol. The van der Waals surface area contributed by atoms with E-state index in [-0.39, 0.29) is 0 Å². The van der Waals surface area contributed by atoms with Gasteiger partial charge in [0.1, 0.15) is 0 Å². The number of benzene rings is 1. The third kappa shape index (κ3) is 6.77. The van der Waals surface area contributed by atoms with Crippen molar-refractivity contribution in [1.82, 2.24) is 5.32 Å². The summed E-state index contributed by atoms with van der Waals surface area (Å²) in [7, 11) is 0. The third-order valence-corrected chi connectivity index (χ3v) is 3.10. The van der Waals surface area contributed by atoms with Crippen molar-refractivity contribution in [2.45, 2.75) is 39.0 Å². The molecule has 0 spiro atoms. The zero-order chi connectivity index (χ0) is 13.1. The molecule has 102 valence electrons. The SMILES string of the molecule is CCCCOCCCNCC(C)c1ccccc1. The molecular formula is C16H27NO. The van der Waals surface area contributed by atoms with E-state index in [1.54, 1.807) is 0 Å². The lowest BCUT2D eigenvalue weighted by Crippen LogP contribution is -2.22.